The van der Waals surface area contributed by atoms with E-state index < -0.39 is 17.6 Å². The Morgan fingerprint density at radius 1 is 1.30 bits per heavy atom. The van der Waals surface area contributed by atoms with Gasteiger partial charge in [-0.25, -0.2) is 4.39 Å². The monoisotopic (exact) mass is 284 g/mol. The molecule has 0 heterocycles. The molecular weight excluding hydrogens is 263 g/mol. The van der Waals surface area contributed by atoms with Gasteiger partial charge in [0.05, 0.1) is 20.6 Å². The third-order valence-electron chi connectivity index (χ3n) is 3.30. The van der Waals surface area contributed by atoms with E-state index in [-0.39, 0.29) is 6.42 Å². The average Bonchev–Trinajstić information content (AvgIpc) is 2.35. The molecule has 5 heteroatoms. The minimum Gasteiger partial charge on any atom is -0.496 e. The number of hydrogen-bond donors (Lipinski definition) is 1. The van der Waals surface area contributed by atoms with E-state index in [1.165, 1.54) is 21.1 Å². The van der Waals surface area contributed by atoms with E-state index in [9.17, 15) is 9.18 Å². The van der Waals surface area contributed by atoms with Crippen molar-refractivity contribution < 1.29 is 23.8 Å². The maximum atomic E-state index is 13.7. The fourth-order valence-corrected chi connectivity index (χ4v) is 2.24. The second-order valence-corrected chi connectivity index (χ2v) is 5.36. The SMILES string of the molecule is COc1cc(OC)c(C(C)(C)CC(=O)O)cc1C(C)F. The number of ether oxygens (including phenoxy) is 2. The van der Waals surface area contributed by atoms with Crippen LogP contribution in [-0.2, 0) is 10.2 Å². The van der Waals surface area contributed by atoms with E-state index in [1.54, 1.807) is 26.0 Å². The Morgan fingerprint density at radius 3 is 2.25 bits per heavy atom. The first kappa shape index (κ1) is 16.3. The van der Waals surface area contributed by atoms with Gasteiger partial charge in [-0.1, -0.05) is 13.8 Å². The highest BCUT2D eigenvalue weighted by atomic mass is 19.1. The summed E-state index contributed by atoms with van der Waals surface area (Å²) in [5.41, 5.74) is 0.372. The molecule has 0 bridgehead atoms. The number of carboxylic acids is 1. The lowest BCUT2D eigenvalue weighted by Gasteiger charge is -2.27. The standard InChI is InChI=1S/C15H21FO4/c1-9(16)10-6-11(15(2,3)8-14(17)18)13(20-5)7-12(10)19-4/h6-7,9H,8H2,1-5H3,(H,17,18). The molecule has 0 radical (unpaired) electrons. The van der Waals surface area contributed by atoms with Crippen molar-refractivity contribution in [1.29, 1.82) is 0 Å². The van der Waals surface area contributed by atoms with E-state index in [4.69, 9.17) is 14.6 Å². The van der Waals surface area contributed by atoms with Crippen molar-refractivity contribution in [3.05, 3.63) is 23.3 Å². The summed E-state index contributed by atoms with van der Waals surface area (Å²) in [7, 11) is 2.95. The predicted octanol–water partition coefficient (Wildman–Crippen LogP) is 3.49. The van der Waals surface area contributed by atoms with Gasteiger partial charge in [-0.2, -0.15) is 0 Å². The van der Waals surface area contributed by atoms with Gasteiger partial charge >= 0.3 is 5.97 Å². The van der Waals surface area contributed by atoms with E-state index in [2.05, 4.69) is 0 Å². The Kier molecular flexibility index (Phi) is 4.98. The van der Waals surface area contributed by atoms with E-state index in [1.807, 2.05) is 0 Å². The van der Waals surface area contributed by atoms with Crippen molar-refractivity contribution in [2.75, 3.05) is 14.2 Å². The number of carboxylic acid groups (broad SMARTS) is 1. The summed E-state index contributed by atoms with van der Waals surface area (Å²) in [6.45, 7) is 4.99. The Labute approximate surface area is 118 Å². The largest absolute Gasteiger partial charge is 0.496 e. The van der Waals surface area contributed by atoms with Gasteiger partial charge in [0.2, 0.25) is 0 Å². The summed E-state index contributed by atoms with van der Waals surface area (Å²) in [5, 5.41) is 9.01. The van der Waals surface area contributed by atoms with Crippen LogP contribution in [0.1, 0.15) is 44.5 Å². The number of halogens is 1. The fourth-order valence-electron chi connectivity index (χ4n) is 2.24. The molecule has 1 atom stereocenters. The molecule has 0 aliphatic rings. The summed E-state index contributed by atoms with van der Waals surface area (Å²) in [4.78, 5) is 11.0. The van der Waals surface area contributed by atoms with Crippen LogP contribution in [0.5, 0.6) is 11.5 Å². The number of carbonyl (C=O) groups is 1. The van der Waals surface area contributed by atoms with Crippen LogP contribution in [0.15, 0.2) is 12.1 Å². The maximum absolute atomic E-state index is 13.7. The molecule has 112 valence electrons. The zero-order valence-corrected chi connectivity index (χ0v) is 12.5. The van der Waals surface area contributed by atoms with Crippen LogP contribution >= 0.6 is 0 Å². The summed E-state index contributed by atoms with van der Waals surface area (Å²) in [5.74, 6) is -0.0213. The third-order valence-corrected chi connectivity index (χ3v) is 3.30. The first-order chi connectivity index (χ1) is 9.22. The summed E-state index contributed by atoms with van der Waals surface area (Å²) >= 11 is 0. The second kappa shape index (κ2) is 6.11. The van der Waals surface area contributed by atoms with Crippen molar-refractivity contribution in [2.24, 2.45) is 0 Å². The fraction of sp³-hybridized carbons (Fsp3) is 0.533. The van der Waals surface area contributed by atoms with Gasteiger partial charge < -0.3 is 14.6 Å². The molecule has 0 aliphatic heterocycles. The second-order valence-electron chi connectivity index (χ2n) is 5.36. The van der Waals surface area contributed by atoms with Crippen molar-refractivity contribution in [1.82, 2.24) is 0 Å². The molecule has 1 aromatic carbocycles. The summed E-state index contributed by atoms with van der Waals surface area (Å²) < 4.78 is 24.2. The molecular formula is C15H21FO4. The molecule has 20 heavy (non-hydrogen) atoms. The van der Waals surface area contributed by atoms with Crippen molar-refractivity contribution in [3.8, 4) is 11.5 Å². The topological polar surface area (TPSA) is 55.8 Å². The molecule has 1 rings (SSSR count). The molecule has 4 nitrogen and oxygen atoms in total. The van der Waals surface area contributed by atoms with Crippen LogP contribution in [-0.4, -0.2) is 25.3 Å². The lowest BCUT2D eigenvalue weighted by Crippen LogP contribution is -2.23. The molecule has 1 aromatic rings. The Morgan fingerprint density at radius 2 is 1.85 bits per heavy atom. The van der Waals surface area contributed by atoms with Gasteiger partial charge in [0.1, 0.15) is 17.7 Å². The first-order valence-electron chi connectivity index (χ1n) is 6.35. The Hall–Kier alpha value is -1.78. The van der Waals surface area contributed by atoms with E-state index in [0.717, 1.165) is 0 Å². The van der Waals surface area contributed by atoms with Gasteiger partial charge in [-0.05, 0) is 13.0 Å². The zero-order chi connectivity index (χ0) is 15.5. The number of methoxy groups -OCH3 is 2. The van der Waals surface area contributed by atoms with Crippen LogP contribution in [0.3, 0.4) is 0 Å². The third kappa shape index (κ3) is 3.40. The average molecular weight is 284 g/mol. The molecule has 0 saturated heterocycles. The number of alkyl halides is 1. The minimum absolute atomic E-state index is 0.0736. The number of rotatable bonds is 6. The number of aliphatic carboxylic acids is 1. The molecule has 1 unspecified atom stereocenters. The Balaban J connectivity index is 3.44. The highest BCUT2D eigenvalue weighted by Crippen LogP contribution is 2.41. The normalized spacial score (nSPS) is 12.9. The lowest BCUT2D eigenvalue weighted by atomic mass is 9.80. The Bertz CT molecular complexity index is 495. The summed E-state index contributed by atoms with van der Waals surface area (Å²) in [6, 6.07) is 3.23. The lowest BCUT2D eigenvalue weighted by molar-refractivity contribution is -0.138. The zero-order valence-electron chi connectivity index (χ0n) is 12.5. The number of benzene rings is 1. The van der Waals surface area contributed by atoms with Gasteiger partial charge in [-0.3, -0.25) is 4.79 Å². The van der Waals surface area contributed by atoms with Gasteiger partial charge in [-0.15, -0.1) is 0 Å². The smallest absolute Gasteiger partial charge is 0.304 e. The molecule has 0 saturated carbocycles. The highest BCUT2D eigenvalue weighted by molar-refractivity contribution is 5.69. The van der Waals surface area contributed by atoms with Crippen molar-refractivity contribution in [3.63, 3.8) is 0 Å². The van der Waals surface area contributed by atoms with E-state index >= 15 is 0 Å². The quantitative estimate of drug-likeness (QED) is 0.868. The predicted molar refractivity (Wildman–Crippen MR) is 74.3 cm³/mol. The molecule has 0 spiro atoms. The van der Waals surface area contributed by atoms with Crippen LogP contribution in [0.25, 0.3) is 0 Å². The number of hydrogen-bond acceptors (Lipinski definition) is 3. The van der Waals surface area contributed by atoms with Gasteiger partial charge in [0, 0.05) is 22.6 Å². The summed E-state index contributed by atoms with van der Waals surface area (Å²) in [6.07, 6.45) is -1.29. The van der Waals surface area contributed by atoms with E-state index in [0.29, 0.717) is 22.6 Å². The van der Waals surface area contributed by atoms with Crippen LogP contribution in [0.2, 0.25) is 0 Å². The van der Waals surface area contributed by atoms with Crippen LogP contribution in [0, 0.1) is 0 Å². The molecule has 0 fully saturated rings. The van der Waals surface area contributed by atoms with Crippen molar-refractivity contribution >= 4 is 5.97 Å². The highest BCUT2D eigenvalue weighted by Gasteiger charge is 2.29. The molecule has 0 aliphatic carbocycles. The molecule has 1 N–H and O–H groups in total. The maximum Gasteiger partial charge on any atom is 0.304 e. The minimum atomic E-state index is -1.21. The van der Waals surface area contributed by atoms with Gasteiger partial charge in [0.25, 0.3) is 0 Å². The molecule has 0 amide bonds. The first-order valence-corrected chi connectivity index (χ1v) is 6.35. The van der Waals surface area contributed by atoms with Crippen LogP contribution in [0.4, 0.5) is 4.39 Å². The van der Waals surface area contributed by atoms with Crippen LogP contribution < -0.4 is 9.47 Å². The van der Waals surface area contributed by atoms with Crippen molar-refractivity contribution in [2.45, 2.75) is 38.8 Å². The molecule has 0 aromatic heterocycles. The van der Waals surface area contributed by atoms with Gasteiger partial charge in [0.15, 0.2) is 0 Å².